The summed E-state index contributed by atoms with van der Waals surface area (Å²) in [7, 11) is 1.54. The number of benzene rings is 1. The quantitative estimate of drug-likeness (QED) is 0.737. The number of halogens is 1. The SMILES string of the molecule is CN1C(=O)[C@H](C(=O)O)c2ccc(Cl)cc21. The maximum Gasteiger partial charge on any atom is 0.320 e. The maximum atomic E-state index is 11.6. The number of carboxylic acid groups (broad SMARTS) is 1. The van der Waals surface area contributed by atoms with Crippen molar-refractivity contribution in [1.29, 1.82) is 0 Å². The number of hydrogen-bond donors (Lipinski definition) is 1. The Kier molecular flexibility index (Phi) is 2.16. The Morgan fingerprint density at radius 1 is 1.53 bits per heavy atom. The van der Waals surface area contributed by atoms with Crippen molar-refractivity contribution in [2.45, 2.75) is 5.92 Å². The molecule has 1 aromatic rings. The highest BCUT2D eigenvalue weighted by atomic mass is 35.5. The van der Waals surface area contributed by atoms with Crippen LogP contribution in [-0.2, 0) is 9.59 Å². The van der Waals surface area contributed by atoms with E-state index in [-0.39, 0.29) is 0 Å². The third kappa shape index (κ3) is 1.37. The predicted octanol–water partition coefficient (Wildman–Crippen LogP) is 1.48. The lowest BCUT2D eigenvalue weighted by Gasteiger charge is -2.09. The molecule has 0 fully saturated rings. The second-order valence-corrected chi connectivity index (χ2v) is 3.81. The molecule has 1 amide bonds. The summed E-state index contributed by atoms with van der Waals surface area (Å²) in [6.45, 7) is 0. The van der Waals surface area contributed by atoms with E-state index in [4.69, 9.17) is 16.7 Å². The molecule has 0 saturated carbocycles. The fourth-order valence-corrected chi connectivity index (χ4v) is 1.90. The lowest BCUT2D eigenvalue weighted by molar-refractivity contribution is -0.141. The number of likely N-dealkylation sites (N-methyl/N-ethyl adjacent to an activating group) is 1. The van der Waals surface area contributed by atoms with E-state index in [1.807, 2.05) is 0 Å². The van der Waals surface area contributed by atoms with E-state index in [0.717, 1.165) is 0 Å². The summed E-state index contributed by atoms with van der Waals surface area (Å²) in [5, 5.41) is 9.42. The van der Waals surface area contributed by atoms with Gasteiger partial charge in [-0.1, -0.05) is 17.7 Å². The molecule has 0 unspecified atom stereocenters. The molecule has 2 rings (SSSR count). The van der Waals surface area contributed by atoms with Gasteiger partial charge in [-0.2, -0.15) is 0 Å². The van der Waals surface area contributed by atoms with Gasteiger partial charge < -0.3 is 10.0 Å². The molecule has 1 heterocycles. The van der Waals surface area contributed by atoms with Crippen LogP contribution in [0.2, 0.25) is 5.02 Å². The Labute approximate surface area is 91.1 Å². The normalized spacial score (nSPS) is 19.2. The van der Waals surface area contributed by atoms with Gasteiger partial charge in [0, 0.05) is 17.8 Å². The summed E-state index contributed by atoms with van der Waals surface area (Å²) >= 11 is 5.78. The van der Waals surface area contributed by atoms with Crippen LogP contribution >= 0.6 is 11.6 Å². The topological polar surface area (TPSA) is 57.6 Å². The zero-order valence-electron chi connectivity index (χ0n) is 7.90. The number of carboxylic acids is 1. The molecule has 5 heteroatoms. The molecule has 0 aliphatic carbocycles. The monoisotopic (exact) mass is 225 g/mol. The number of rotatable bonds is 1. The highest BCUT2D eigenvalue weighted by molar-refractivity contribution is 6.31. The maximum absolute atomic E-state index is 11.6. The zero-order valence-corrected chi connectivity index (χ0v) is 8.65. The minimum absolute atomic E-state index is 0.431. The molecule has 4 nitrogen and oxygen atoms in total. The van der Waals surface area contributed by atoms with Gasteiger partial charge in [-0.05, 0) is 17.7 Å². The molecule has 0 aromatic heterocycles. The first kappa shape index (κ1) is 9.98. The van der Waals surface area contributed by atoms with Crippen LogP contribution in [0.25, 0.3) is 0 Å². The minimum Gasteiger partial charge on any atom is -0.480 e. The highest BCUT2D eigenvalue weighted by Gasteiger charge is 2.40. The summed E-state index contributed by atoms with van der Waals surface area (Å²) in [5.74, 6) is -2.66. The third-order valence-corrected chi connectivity index (χ3v) is 2.72. The van der Waals surface area contributed by atoms with E-state index < -0.39 is 17.8 Å². The first-order chi connectivity index (χ1) is 7.02. The van der Waals surface area contributed by atoms with Gasteiger partial charge in [0.2, 0.25) is 5.91 Å². The molecule has 0 bridgehead atoms. The number of carbonyl (C=O) groups excluding carboxylic acids is 1. The van der Waals surface area contributed by atoms with Gasteiger partial charge in [0.1, 0.15) is 0 Å². The highest BCUT2D eigenvalue weighted by Crippen LogP contribution is 2.37. The van der Waals surface area contributed by atoms with Crippen LogP contribution in [0.1, 0.15) is 11.5 Å². The van der Waals surface area contributed by atoms with E-state index in [1.165, 1.54) is 4.90 Å². The van der Waals surface area contributed by atoms with Crippen LogP contribution in [-0.4, -0.2) is 24.0 Å². The second kappa shape index (κ2) is 3.24. The smallest absolute Gasteiger partial charge is 0.320 e. The van der Waals surface area contributed by atoms with Crippen LogP contribution in [0.3, 0.4) is 0 Å². The van der Waals surface area contributed by atoms with Crippen LogP contribution < -0.4 is 4.90 Å². The van der Waals surface area contributed by atoms with Crippen LogP contribution in [0.4, 0.5) is 5.69 Å². The average molecular weight is 226 g/mol. The van der Waals surface area contributed by atoms with E-state index in [0.29, 0.717) is 16.3 Å². The molecule has 1 aliphatic heterocycles. The Morgan fingerprint density at radius 2 is 2.20 bits per heavy atom. The van der Waals surface area contributed by atoms with Crippen LogP contribution in [0.5, 0.6) is 0 Å². The Balaban J connectivity index is 2.60. The molecule has 78 valence electrons. The van der Waals surface area contributed by atoms with Crippen LogP contribution in [0.15, 0.2) is 18.2 Å². The predicted molar refractivity (Wildman–Crippen MR) is 55.2 cm³/mol. The molecular formula is C10H8ClNO3. The van der Waals surface area contributed by atoms with Crippen molar-refractivity contribution in [2.24, 2.45) is 0 Å². The fourth-order valence-electron chi connectivity index (χ4n) is 1.74. The molecule has 0 spiro atoms. The van der Waals surface area contributed by atoms with Gasteiger partial charge in [-0.25, -0.2) is 0 Å². The Morgan fingerprint density at radius 3 is 2.80 bits per heavy atom. The molecule has 15 heavy (non-hydrogen) atoms. The minimum atomic E-state index is -1.13. The first-order valence-electron chi connectivity index (χ1n) is 4.32. The number of anilines is 1. The average Bonchev–Trinajstić information content (AvgIpc) is 2.41. The molecule has 1 atom stereocenters. The summed E-state index contributed by atoms with van der Waals surface area (Å²) in [4.78, 5) is 23.9. The summed E-state index contributed by atoms with van der Waals surface area (Å²) in [6, 6.07) is 4.76. The van der Waals surface area contributed by atoms with Gasteiger partial charge in [0.25, 0.3) is 0 Å². The van der Waals surface area contributed by atoms with E-state index in [9.17, 15) is 9.59 Å². The molecular weight excluding hydrogens is 218 g/mol. The molecule has 1 aliphatic rings. The number of carbonyl (C=O) groups is 2. The van der Waals surface area contributed by atoms with E-state index in [2.05, 4.69) is 0 Å². The van der Waals surface area contributed by atoms with Crippen molar-refractivity contribution < 1.29 is 14.7 Å². The first-order valence-corrected chi connectivity index (χ1v) is 4.70. The Bertz CT molecular complexity index is 458. The van der Waals surface area contributed by atoms with Crippen molar-refractivity contribution in [3.05, 3.63) is 28.8 Å². The molecule has 0 saturated heterocycles. The van der Waals surface area contributed by atoms with Crippen LogP contribution in [0, 0.1) is 0 Å². The number of aliphatic carboxylic acids is 1. The second-order valence-electron chi connectivity index (χ2n) is 3.37. The number of nitrogens with zero attached hydrogens (tertiary/aromatic N) is 1. The van der Waals surface area contributed by atoms with Gasteiger partial charge in [0.15, 0.2) is 5.92 Å². The lowest BCUT2D eigenvalue weighted by Crippen LogP contribution is -2.27. The lowest BCUT2D eigenvalue weighted by atomic mass is 10.0. The van der Waals surface area contributed by atoms with E-state index in [1.54, 1.807) is 25.2 Å². The summed E-state index contributed by atoms with van der Waals surface area (Å²) in [6.07, 6.45) is 0. The zero-order chi connectivity index (χ0) is 11.2. The molecule has 1 N–H and O–H groups in total. The van der Waals surface area contributed by atoms with Gasteiger partial charge in [-0.15, -0.1) is 0 Å². The largest absolute Gasteiger partial charge is 0.480 e. The van der Waals surface area contributed by atoms with Gasteiger partial charge in [-0.3, -0.25) is 9.59 Å². The van der Waals surface area contributed by atoms with Gasteiger partial charge in [0.05, 0.1) is 0 Å². The standard InChI is InChI=1S/C10H8ClNO3/c1-12-7-4-5(11)2-3-6(7)8(9(12)13)10(14)15/h2-4,8H,1H3,(H,14,15)/t8-/m1/s1. The molecule has 1 aromatic carbocycles. The van der Waals surface area contributed by atoms with Crippen molar-refractivity contribution in [3.8, 4) is 0 Å². The van der Waals surface area contributed by atoms with Crippen molar-refractivity contribution in [2.75, 3.05) is 11.9 Å². The fraction of sp³-hybridized carbons (Fsp3) is 0.200. The number of fused-ring (bicyclic) bond motifs is 1. The number of amides is 1. The van der Waals surface area contributed by atoms with Crippen molar-refractivity contribution >= 4 is 29.2 Å². The third-order valence-electron chi connectivity index (χ3n) is 2.49. The summed E-state index contributed by atoms with van der Waals surface area (Å²) < 4.78 is 0. The van der Waals surface area contributed by atoms with E-state index >= 15 is 0 Å². The summed E-state index contributed by atoms with van der Waals surface area (Å²) in [5.41, 5.74) is 1.07. The van der Waals surface area contributed by atoms with Crippen molar-refractivity contribution in [3.63, 3.8) is 0 Å². The van der Waals surface area contributed by atoms with Crippen molar-refractivity contribution in [1.82, 2.24) is 0 Å². The molecule has 0 radical (unpaired) electrons. The number of hydrogen-bond acceptors (Lipinski definition) is 2. The van der Waals surface area contributed by atoms with Gasteiger partial charge >= 0.3 is 5.97 Å². The Hall–Kier alpha value is -1.55.